The summed E-state index contributed by atoms with van der Waals surface area (Å²) < 4.78 is 5.44. The van der Waals surface area contributed by atoms with E-state index >= 15 is 0 Å². The zero-order chi connectivity index (χ0) is 24.9. The molecule has 1 unspecified atom stereocenters. The van der Waals surface area contributed by atoms with Crippen molar-refractivity contribution in [3.63, 3.8) is 0 Å². The molecule has 0 aliphatic carbocycles. The Morgan fingerprint density at radius 2 is 1.69 bits per heavy atom. The number of rotatable bonds is 7. The summed E-state index contributed by atoms with van der Waals surface area (Å²) in [4.78, 5) is 26.5. The SMILES string of the molecule is CC(C)N1CCCC1C(=O)Nc1ccc(-c2ccnc(Nc3ccc(N4CCOCC4)cc3)n2)cc1. The lowest BCUT2D eigenvalue weighted by atomic mass is 10.1. The Bertz CT molecular complexity index is 1160. The van der Waals surface area contributed by atoms with Crippen LogP contribution in [0.4, 0.5) is 23.0 Å². The fraction of sp³-hybridized carbons (Fsp3) is 0.393. The number of aromatic nitrogens is 2. The van der Waals surface area contributed by atoms with Crippen molar-refractivity contribution in [2.75, 3.05) is 48.4 Å². The number of nitrogens with one attached hydrogen (secondary N) is 2. The minimum Gasteiger partial charge on any atom is -0.378 e. The van der Waals surface area contributed by atoms with E-state index in [4.69, 9.17) is 9.72 Å². The molecule has 0 saturated carbocycles. The number of hydrogen-bond donors (Lipinski definition) is 2. The highest BCUT2D eigenvalue weighted by molar-refractivity contribution is 5.95. The Morgan fingerprint density at radius 3 is 2.42 bits per heavy atom. The third-order valence-corrected chi connectivity index (χ3v) is 6.86. The van der Waals surface area contributed by atoms with Crippen molar-refractivity contribution in [3.05, 3.63) is 60.8 Å². The molecule has 3 aromatic rings. The van der Waals surface area contributed by atoms with Crippen LogP contribution in [0, 0.1) is 0 Å². The van der Waals surface area contributed by atoms with Crippen molar-refractivity contribution in [2.24, 2.45) is 0 Å². The second-order valence-electron chi connectivity index (χ2n) is 9.59. The minimum absolute atomic E-state index is 0.0527. The van der Waals surface area contributed by atoms with E-state index in [0.29, 0.717) is 12.0 Å². The highest BCUT2D eigenvalue weighted by Gasteiger charge is 2.32. The Balaban J connectivity index is 1.22. The number of ether oxygens (including phenoxy) is 1. The third kappa shape index (κ3) is 5.66. The number of carbonyl (C=O) groups is 1. The predicted octanol–water partition coefficient (Wildman–Crippen LogP) is 4.54. The number of anilines is 4. The zero-order valence-corrected chi connectivity index (χ0v) is 21.0. The number of carbonyl (C=O) groups excluding carboxylic acids is 1. The van der Waals surface area contributed by atoms with E-state index in [1.807, 2.05) is 42.5 Å². The van der Waals surface area contributed by atoms with Crippen LogP contribution in [0.1, 0.15) is 26.7 Å². The molecule has 1 atom stereocenters. The van der Waals surface area contributed by atoms with E-state index in [1.165, 1.54) is 5.69 Å². The van der Waals surface area contributed by atoms with Gasteiger partial charge in [-0.3, -0.25) is 9.69 Å². The number of nitrogens with zero attached hydrogens (tertiary/aromatic N) is 4. The van der Waals surface area contributed by atoms with Gasteiger partial charge in [-0.15, -0.1) is 0 Å². The first kappa shape index (κ1) is 24.2. The normalized spacial score (nSPS) is 18.4. The van der Waals surface area contributed by atoms with Crippen molar-refractivity contribution >= 4 is 28.9 Å². The maximum absolute atomic E-state index is 12.8. The van der Waals surface area contributed by atoms with Crippen LogP contribution in [0.5, 0.6) is 0 Å². The van der Waals surface area contributed by atoms with Gasteiger partial charge in [-0.1, -0.05) is 12.1 Å². The van der Waals surface area contributed by atoms with Crippen LogP contribution in [0.25, 0.3) is 11.3 Å². The van der Waals surface area contributed by atoms with Crippen LogP contribution in [-0.4, -0.2) is 65.7 Å². The van der Waals surface area contributed by atoms with Crippen molar-refractivity contribution < 1.29 is 9.53 Å². The zero-order valence-electron chi connectivity index (χ0n) is 21.0. The van der Waals surface area contributed by atoms with Gasteiger partial charge in [0.05, 0.1) is 24.9 Å². The van der Waals surface area contributed by atoms with Gasteiger partial charge in [-0.25, -0.2) is 9.97 Å². The van der Waals surface area contributed by atoms with Crippen molar-refractivity contribution in [1.82, 2.24) is 14.9 Å². The molecule has 36 heavy (non-hydrogen) atoms. The van der Waals surface area contributed by atoms with Gasteiger partial charge in [0.2, 0.25) is 11.9 Å². The lowest BCUT2D eigenvalue weighted by Gasteiger charge is -2.28. The molecule has 0 spiro atoms. The Kier molecular flexibility index (Phi) is 7.44. The first-order valence-electron chi connectivity index (χ1n) is 12.8. The van der Waals surface area contributed by atoms with E-state index < -0.39 is 0 Å². The van der Waals surface area contributed by atoms with Crippen LogP contribution in [-0.2, 0) is 9.53 Å². The number of morpholine rings is 1. The Labute approximate surface area is 212 Å². The van der Waals surface area contributed by atoms with E-state index in [1.54, 1.807) is 6.20 Å². The molecular formula is C28H34N6O2. The third-order valence-electron chi connectivity index (χ3n) is 6.86. The fourth-order valence-corrected chi connectivity index (χ4v) is 4.92. The molecule has 2 N–H and O–H groups in total. The molecule has 2 aromatic carbocycles. The van der Waals surface area contributed by atoms with Gasteiger partial charge < -0.3 is 20.3 Å². The average molecular weight is 487 g/mol. The first-order valence-corrected chi connectivity index (χ1v) is 12.8. The molecule has 0 bridgehead atoms. The molecular weight excluding hydrogens is 452 g/mol. The molecule has 0 radical (unpaired) electrons. The molecule has 188 valence electrons. The molecule has 2 fully saturated rings. The van der Waals surface area contributed by atoms with Crippen LogP contribution < -0.4 is 15.5 Å². The minimum atomic E-state index is -0.0527. The van der Waals surface area contributed by atoms with Crippen molar-refractivity contribution in [1.29, 1.82) is 0 Å². The van der Waals surface area contributed by atoms with Gasteiger partial charge in [-0.2, -0.15) is 0 Å². The summed E-state index contributed by atoms with van der Waals surface area (Å²) in [6.07, 6.45) is 3.73. The quantitative estimate of drug-likeness (QED) is 0.508. The molecule has 2 aliphatic rings. The number of likely N-dealkylation sites (tertiary alicyclic amines) is 1. The second-order valence-corrected chi connectivity index (χ2v) is 9.59. The van der Waals surface area contributed by atoms with Crippen molar-refractivity contribution in [2.45, 2.75) is 38.8 Å². The molecule has 8 heteroatoms. The molecule has 1 amide bonds. The van der Waals surface area contributed by atoms with Crippen LogP contribution >= 0.6 is 0 Å². The monoisotopic (exact) mass is 486 g/mol. The lowest BCUT2D eigenvalue weighted by Crippen LogP contribution is -2.43. The van der Waals surface area contributed by atoms with E-state index in [0.717, 1.165) is 68.3 Å². The average Bonchev–Trinajstić information content (AvgIpc) is 3.41. The predicted molar refractivity (Wildman–Crippen MR) is 144 cm³/mol. The van der Waals surface area contributed by atoms with Crippen molar-refractivity contribution in [3.8, 4) is 11.3 Å². The van der Waals surface area contributed by atoms with Gasteiger partial charge in [0, 0.05) is 48.0 Å². The molecule has 8 nitrogen and oxygen atoms in total. The smallest absolute Gasteiger partial charge is 0.241 e. The summed E-state index contributed by atoms with van der Waals surface area (Å²) in [7, 11) is 0. The highest BCUT2D eigenvalue weighted by atomic mass is 16.5. The van der Waals surface area contributed by atoms with E-state index in [2.05, 4.69) is 51.4 Å². The topological polar surface area (TPSA) is 82.6 Å². The summed E-state index contributed by atoms with van der Waals surface area (Å²) in [5, 5.41) is 6.38. The summed E-state index contributed by atoms with van der Waals surface area (Å²) >= 11 is 0. The van der Waals surface area contributed by atoms with Gasteiger partial charge in [0.15, 0.2) is 0 Å². The number of amides is 1. The van der Waals surface area contributed by atoms with E-state index in [9.17, 15) is 4.79 Å². The number of hydrogen-bond acceptors (Lipinski definition) is 7. The lowest BCUT2D eigenvalue weighted by molar-refractivity contribution is -0.120. The van der Waals surface area contributed by atoms with Gasteiger partial charge in [0.25, 0.3) is 0 Å². The summed E-state index contributed by atoms with van der Waals surface area (Å²) in [5.41, 5.74) is 4.70. The Hall–Kier alpha value is -3.49. The fourth-order valence-electron chi connectivity index (χ4n) is 4.92. The first-order chi connectivity index (χ1) is 17.6. The molecule has 1 aromatic heterocycles. The molecule has 2 aliphatic heterocycles. The molecule has 3 heterocycles. The largest absolute Gasteiger partial charge is 0.378 e. The maximum atomic E-state index is 12.8. The van der Waals surface area contributed by atoms with E-state index in [-0.39, 0.29) is 11.9 Å². The van der Waals surface area contributed by atoms with Crippen LogP contribution in [0.15, 0.2) is 60.8 Å². The number of benzene rings is 2. The Morgan fingerprint density at radius 1 is 0.972 bits per heavy atom. The summed E-state index contributed by atoms with van der Waals surface area (Å²) in [5.74, 6) is 0.612. The molecule has 2 saturated heterocycles. The second kappa shape index (κ2) is 11.1. The maximum Gasteiger partial charge on any atom is 0.241 e. The van der Waals surface area contributed by atoms with Crippen LogP contribution in [0.3, 0.4) is 0 Å². The standard InChI is InChI=1S/C28H34N6O2/c1-20(2)34-15-3-4-26(34)27(35)30-22-7-5-21(6-8-22)25-13-14-29-28(32-25)31-23-9-11-24(12-10-23)33-16-18-36-19-17-33/h5-14,20,26H,3-4,15-19H2,1-2H3,(H,30,35)(H,29,31,32). The van der Waals surface area contributed by atoms with Gasteiger partial charge in [0.1, 0.15) is 0 Å². The van der Waals surface area contributed by atoms with Gasteiger partial charge >= 0.3 is 0 Å². The molecule has 5 rings (SSSR count). The summed E-state index contributed by atoms with van der Waals surface area (Å²) in [6, 6.07) is 18.3. The summed E-state index contributed by atoms with van der Waals surface area (Å²) in [6.45, 7) is 8.64. The van der Waals surface area contributed by atoms with Crippen LogP contribution in [0.2, 0.25) is 0 Å². The van der Waals surface area contributed by atoms with Gasteiger partial charge in [-0.05, 0) is 75.7 Å². The highest BCUT2D eigenvalue weighted by Crippen LogP contribution is 2.25.